The van der Waals surface area contributed by atoms with Gasteiger partial charge >= 0.3 is 0 Å². The normalized spacial score (nSPS) is 22.2. The quantitative estimate of drug-likeness (QED) is 0.619. The zero-order valence-corrected chi connectivity index (χ0v) is 11.1. The highest BCUT2D eigenvalue weighted by atomic mass is 16.5. The Labute approximate surface area is 113 Å². The standard InChI is InChI=1S/C14H20N2O3/c1-10-6-8-19-13(10)14(17)16-7-9-18-12-4-2-11(15)3-5-12/h2-5,10,13H,6-9,15H2,1H3,(H,16,17). The minimum absolute atomic E-state index is 0.0501. The van der Waals surface area contributed by atoms with E-state index in [1.165, 1.54) is 0 Å². The Bertz CT molecular complexity index is 419. The third-order valence-electron chi connectivity index (χ3n) is 3.20. The first-order chi connectivity index (χ1) is 9.16. The van der Waals surface area contributed by atoms with Gasteiger partial charge in [0, 0.05) is 12.3 Å². The van der Waals surface area contributed by atoms with Gasteiger partial charge in [0.1, 0.15) is 18.5 Å². The second-order valence-electron chi connectivity index (χ2n) is 4.77. The predicted molar refractivity (Wildman–Crippen MR) is 72.9 cm³/mol. The topological polar surface area (TPSA) is 73.6 Å². The summed E-state index contributed by atoms with van der Waals surface area (Å²) >= 11 is 0. The molecular weight excluding hydrogens is 244 g/mol. The van der Waals surface area contributed by atoms with Crippen LogP contribution < -0.4 is 15.8 Å². The molecule has 1 aromatic rings. The van der Waals surface area contributed by atoms with Crippen molar-refractivity contribution >= 4 is 11.6 Å². The smallest absolute Gasteiger partial charge is 0.249 e. The molecule has 0 aliphatic carbocycles. The van der Waals surface area contributed by atoms with Gasteiger partial charge in [-0.2, -0.15) is 0 Å². The molecule has 1 aromatic carbocycles. The van der Waals surface area contributed by atoms with Crippen molar-refractivity contribution in [2.24, 2.45) is 5.92 Å². The Kier molecular flexibility index (Phi) is 4.63. The van der Waals surface area contributed by atoms with Gasteiger partial charge in [-0.15, -0.1) is 0 Å². The number of carbonyl (C=O) groups is 1. The fourth-order valence-corrected chi connectivity index (χ4v) is 2.04. The molecule has 2 atom stereocenters. The van der Waals surface area contributed by atoms with Crippen LogP contribution in [-0.4, -0.2) is 31.8 Å². The second kappa shape index (κ2) is 6.43. The lowest BCUT2D eigenvalue weighted by atomic mass is 10.0. The van der Waals surface area contributed by atoms with E-state index in [2.05, 4.69) is 5.32 Å². The van der Waals surface area contributed by atoms with Crippen molar-refractivity contribution in [3.63, 3.8) is 0 Å². The average Bonchev–Trinajstić information content (AvgIpc) is 2.83. The Hall–Kier alpha value is -1.75. The van der Waals surface area contributed by atoms with E-state index in [1.807, 2.05) is 6.92 Å². The summed E-state index contributed by atoms with van der Waals surface area (Å²) in [5, 5.41) is 2.82. The van der Waals surface area contributed by atoms with Crippen LogP contribution in [0.1, 0.15) is 13.3 Å². The Balaban J connectivity index is 1.66. The Morgan fingerprint density at radius 3 is 2.84 bits per heavy atom. The molecule has 1 amide bonds. The summed E-state index contributed by atoms with van der Waals surface area (Å²) in [5.74, 6) is 0.984. The molecule has 2 unspecified atom stereocenters. The minimum atomic E-state index is -0.309. The summed E-state index contributed by atoms with van der Waals surface area (Å²) in [6, 6.07) is 7.17. The molecule has 1 saturated heterocycles. The van der Waals surface area contributed by atoms with Gasteiger partial charge in [-0.25, -0.2) is 0 Å². The summed E-state index contributed by atoms with van der Waals surface area (Å²) in [6.07, 6.45) is 0.636. The summed E-state index contributed by atoms with van der Waals surface area (Å²) in [6.45, 7) is 3.59. The van der Waals surface area contributed by atoms with E-state index < -0.39 is 0 Å². The summed E-state index contributed by atoms with van der Waals surface area (Å²) in [4.78, 5) is 11.8. The molecule has 0 bridgehead atoms. The lowest BCUT2D eigenvalue weighted by Crippen LogP contribution is -2.39. The molecule has 19 heavy (non-hydrogen) atoms. The summed E-state index contributed by atoms with van der Waals surface area (Å²) in [7, 11) is 0. The molecule has 1 aliphatic rings. The summed E-state index contributed by atoms with van der Waals surface area (Å²) < 4.78 is 10.9. The highest BCUT2D eigenvalue weighted by Gasteiger charge is 2.30. The van der Waals surface area contributed by atoms with Crippen molar-refractivity contribution < 1.29 is 14.3 Å². The van der Waals surface area contributed by atoms with Crippen LogP contribution in [0.15, 0.2) is 24.3 Å². The molecule has 5 heteroatoms. The van der Waals surface area contributed by atoms with Crippen molar-refractivity contribution in [2.75, 3.05) is 25.5 Å². The van der Waals surface area contributed by atoms with Crippen LogP contribution in [0, 0.1) is 5.92 Å². The maximum absolute atomic E-state index is 11.8. The average molecular weight is 264 g/mol. The van der Waals surface area contributed by atoms with E-state index in [1.54, 1.807) is 24.3 Å². The molecule has 0 aromatic heterocycles. The Morgan fingerprint density at radius 1 is 1.47 bits per heavy atom. The third kappa shape index (κ3) is 3.86. The van der Waals surface area contributed by atoms with Gasteiger partial charge in [0.15, 0.2) is 0 Å². The van der Waals surface area contributed by atoms with Gasteiger partial charge in [0.05, 0.1) is 6.54 Å². The third-order valence-corrected chi connectivity index (χ3v) is 3.20. The van der Waals surface area contributed by atoms with Crippen LogP contribution in [0.4, 0.5) is 5.69 Å². The fourth-order valence-electron chi connectivity index (χ4n) is 2.04. The number of hydrogen-bond acceptors (Lipinski definition) is 4. The number of anilines is 1. The number of rotatable bonds is 5. The van der Waals surface area contributed by atoms with Crippen molar-refractivity contribution in [1.29, 1.82) is 0 Å². The van der Waals surface area contributed by atoms with Crippen LogP contribution in [0.5, 0.6) is 5.75 Å². The second-order valence-corrected chi connectivity index (χ2v) is 4.77. The largest absolute Gasteiger partial charge is 0.492 e. The lowest BCUT2D eigenvalue weighted by Gasteiger charge is -2.14. The number of carbonyl (C=O) groups excluding carboxylic acids is 1. The van der Waals surface area contributed by atoms with E-state index in [-0.39, 0.29) is 17.9 Å². The molecule has 0 saturated carbocycles. The maximum Gasteiger partial charge on any atom is 0.249 e. The highest BCUT2D eigenvalue weighted by Crippen LogP contribution is 2.19. The van der Waals surface area contributed by atoms with Gasteiger partial charge in [0.25, 0.3) is 0 Å². The van der Waals surface area contributed by atoms with Crippen molar-refractivity contribution in [2.45, 2.75) is 19.4 Å². The lowest BCUT2D eigenvalue weighted by molar-refractivity contribution is -0.131. The molecular formula is C14H20N2O3. The molecule has 1 heterocycles. The van der Waals surface area contributed by atoms with Crippen LogP contribution >= 0.6 is 0 Å². The van der Waals surface area contributed by atoms with E-state index >= 15 is 0 Å². The molecule has 104 valence electrons. The first kappa shape index (κ1) is 13.7. The van der Waals surface area contributed by atoms with Crippen molar-refractivity contribution in [3.8, 4) is 5.75 Å². The molecule has 1 fully saturated rings. The monoisotopic (exact) mass is 264 g/mol. The van der Waals surface area contributed by atoms with E-state index in [9.17, 15) is 4.79 Å². The van der Waals surface area contributed by atoms with Gasteiger partial charge in [-0.1, -0.05) is 6.92 Å². The minimum Gasteiger partial charge on any atom is -0.492 e. The SMILES string of the molecule is CC1CCOC1C(=O)NCCOc1ccc(N)cc1. The number of ether oxygens (including phenoxy) is 2. The number of nitrogens with one attached hydrogen (secondary N) is 1. The number of nitrogen functional groups attached to an aromatic ring is 1. The molecule has 1 aliphatic heterocycles. The van der Waals surface area contributed by atoms with Crippen LogP contribution in [0.2, 0.25) is 0 Å². The molecule has 3 N–H and O–H groups in total. The molecule has 5 nitrogen and oxygen atoms in total. The first-order valence-corrected chi connectivity index (χ1v) is 6.54. The van der Waals surface area contributed by atoms with Crippen molar-refractivity contribution in [3.05, 3.63) is 24.3 Å². The first-order valence-electron chi connectivity index (χ1n) is 6.54. The van der Waals surface area contributed by atoms with Crippen LogP contribution in [0.25, 0.3) is 0 Å². The molecule has 0 spiro atoms. The van der Waals surface area contributed by atoms with Crippen molar-refractivity contribution in [1.82, 2.24) is 5.32 Å². The predicted octanol–water partition coefficient (Wildman–Crippen LogP) is 1.19. The van der Waals surface area contributed by atoms with E-state index in [0.29, 0.717) is 25.4 Å². The van der Waals surface area contributed by atoms with Crippen LogP contribution in [0.3, 0.4) is 0 Å². The Morgan fingerprint density at radius 2 is 2.21 bits per heavy atom. The summed E-state index contributed by atoms with van der Waals surface area (Å²) in [5.41, 5.74) is 6.28. The zero-order chi connectivity index (χ0) is 13.7. The fraction of sp³-hybridized carbons (Fsp3) is 0.500. The number of nitrogens with two attached hydrogens (primary N) is 1. The highest BCUT2D eigenvalue weighted by molar-refractivity contribution is 5.81. The zero-order valence-electron chi connectivity index (χ0n) is 11.1. The number of amides is 1. The maximum atomic E-state index is 11.8. The van der Waals surface area contributed by atoms with E-state index in [0.717, 1.165) is 12.2 Å². The number of benzene rings is 1. The van der Waals surface area contributed by atoms with Gasteiger partial charge in [0.2, 0.25) is 5.91 Å². The van der Waals surface area contributed by atoms with Gasteiger partial charge in [-0.05, 0) is 36.6 Å². The molecule has 0 radical (unpaired) electrons. The molecule has 2 rings (SSSR count). The van der Waals surface area contributed by atoms with Gasteiger partial charge < -0.3 is 20.5 Å². The van der Waals surface area contributed by atoms with Gasteiger partial charge in [-0.3, -0.25) is 4.79 Å². The number of hydrogen-bond donors (Lipinski definition) is 2. The van der Waals surface area contributed by atoms with Crippen LogP contribution in [-0.2, 0) is 9.53 Å². The van der Waals surface area contributed by atoms with E-state index in [4.69, 9.17) is 15.2 Å².